The molecule has 1 aliphatic rings. The Labute approximate surface area is 118 Å². The lowest BCUT2D eigenvalue weighted by atomic mass is 10.0. The highest BCUT2D eigenvalue weighted by Gasteiger charge is 2.27. The van der Waals surface area contributed by atoms with Gasteiger partial charge in [0, 0.05) is 17.9 Å². The van der Waals surface area contributed by atoms with Crippen LogP contribution in [0.3, 0.4) is 0 Å². The van der Waals surface area contributed by atoms with Gasteiger partial charge in [-0.2, -0.15) is 0 Å². The highest BCUT2D eigenvalue weighted by atomic mass is 16.2. The third-order valence-corrected chi connectivity index (χ3v) is 3.49. The largest absolute Gasteiger partial charge is 0.368 e. The summed E-state index contributed by atoms with van der Waals surface area (Å²) in [4.78, 5) is 29.5. The number of nitrogens with two attached hydrogens (primary N) is 1. The van der Waals surface area contributed by atoms with E-state index in [1.165, 1.54) is 0 Å². The van der Waals surface area contributed by atoms with Crippen LogP contribution < -0.4 is 11.1 Å². The molecule has 0 spiro atoms. The summed E-state index contributed by atoms with van der Waals surface area (Å²) in [6.45, 7) is 3.51. The molecule has 1 saturated heterocycles. The Morgan fingerprint density at radius 3 is 2.65 bits per heavy atom. The SMILES string of the molecule is Cc1ccc(C(=O)N(CC(N)=O)C2CCNCC2)cn1. The van der Waals surface area contributed by atoms with E-state index in [0.29, 0.717) is 5.56 Å². The van der Waals surface area contributed by atoms with Crippen LogP contribution in [0, 0.1) is 6.92 Å². The maximum atomic E-state index is 12.5. The fourth-order valence-electron chi connectivity index (χ4n) is 2.41. The van der Waals surface area contributed by atoms with Crippen molar-refractivity contribution < 1.29 is 9.59 Å². The Bertz CT molecular complexity index is 480. The number of rotatable bonds is 4. The topological polar surface area (TPSA) is 88.3 Å². The zero-order valence-corrected chi connectivity index (χ0v) is 11.6. The van der Waals surface area contributed by atoms with Crippen LogP contribution in [-0.2, 0) is 4.79 Å². The molecule has 0 aliphatic carbocycles. The number of hydrogen-bond acceptors (Lipinski definition) is 4. The van der Waals surface area contributed by atoms with Gasteiger partial charge in [0.25, 0.3) is 5.91 Å². The second kappa shape index (κ2) is 6.47. The molecule has 0 bridgehead atoms. The van der Waals surface area contributed by atoms with Crippen molar-refractivity contribution in [3.05, 3.63) is 29.6 Å². The molecule has 108 valence electrons. The lowest BCUT2D eigenvalue weighted by Gasteiger charge is -2.33. The molecular formula is C14H20N4O2. The van der Waals surface area contributed by atoms with Gasteiger partial charge in [-0.25, -0.2) is 0 Å². The van der Waals surface area contributed by atoms with Gasteiger partial charge in [-0.05, 0) is 45.0 Å². The van der Waals surface area contributed by atoms with Crippen molar-refractivity contribution in [2.45, 2.75) is 25.8 Å². The molecule has 6 heteroatoms. The normalized spacial score (nSPS) is 15.8. The number of carbonyl (C=O) groups excluding carboxylic acids is 2. The quantitative estimate of drug-likeness (QED) is 0.814. The van der Waals surface area contributed by atoms with Gasteiger partial charge in [-0.1, -0.05) is 0 Å². The maximum Gasteiger partial charge on any atom is 0.256 e. The summed E-state index contributed by atoms with van der Waals surface area (Å²) >= 11 is 0. The Hall–Kier alpha value is -1.95. The van der Waals surface area contributed by atoms with Crippen LogP contribution in [0.25, 0.3) is 0 Å². The first-order chi connectivity index (χ1) is 9.58. The minimum Gasteiger partial charge on any atom is -0.368 e. The Morgan fingerprint density at radius 2 is 2.10 bits per heavy atom. The summed E-state index contributed by atoms with van der Waals surface area (Å²) in [6, 6.07) is 3.58. The average molecular weight is 276 g/mol. The number of primary amides is 1. The molecule has 0 unspecified atom stereocenters. The number of nitrogens with zero attached hydrogens (tertiary/aromatic N) is 2. The maximum absolute atomic E-state index is 12.5. The van der Waals surface area contributed by atoms with Gasteiger partial charge in [0.1, 0.15) is 0 Å². The molecule has 20 heavy (non-hydrogen) atoms. The summed E-state index contributed by atoms with van der Waals surface area (Å²) in [5, 5.41) is 3.24. The molecule has 0 atom stereocenters. The first kappa shape index (κ1) is 14.5. The standard InChI is InChI=1S/C14H20N4O2/c1-10-2-3-11(8-17-10)14(20)18(9-13(15)19)12-4-6-16-7-5-12/h2-3,8,12,16H,4-7,9H2,1H3,(H2,15,19). The molecule has 2 amide bonds. The van der Waals surface area contributed by atoms with Crippen LogP contribution in [0.15, 0.2) is 18.3 Å². The van der Waals surface area contributed by atoms with Crippen molar-refractivity contribution >= 4 is 11.8 Å². The lowest BCUT2D eigenvalue weighted by molar-refractivity contribution is -0.119. The number of aryl methyl sites for hydroxylation is 1. The van der Waals surface area contributed by atoms with Crippen molar-refractivity contribution in [3.63, 3.8) is 0 Å². The average Bonchev–Trinajstić information content (AvgIpc) is 2.45. The fraction of sp³-hybridized carbons (Fsp3) is 0.500. The summed E-state index contributed by atoms with van der Waals surface area (Å²) in [5.41, 5.74) is 6.62. The minimum absolute atomic E-state index is 0.0443. The predicted molar refractivity (Wildman–Crippen MR) is 75.1 cm³/mol. The van der Waals surface area contributed by atoms with Crippen molar-refractivity contribution in [1.82, 2.24) is 15.2 Å². The number of carbonyl (C=O) groups is 2. The molecule has 1 aromatic heterocycles. The molecule has 6 nitrogen and oxygen atoms in total. The molecule has 0 aromatic carbocycles. The van der Waals surface area contributed by atoms with Gasteiger partial charge in [0.2, 0.25) is 5.91 Å². The lowest BCUT2D eigenvalue weighted by Crippen LogP contribution is -2.49. The summed E-state index contributed by atoms with van der Waals surface area (Å²) < 4.78 is 0. The van der Waals surface area contributed by atoms with Gasteiger partial charge in [-0.15, -0.1) is 0 Å². The number of amides is 2. The second-order valence-corrected chi connectivity index (χ2v) is 5.07. The van der Waals surface area contributed by atoms with Crippen LogP contribution in [0.2, 0.25) is 0 Å². The van der Waals surface area contributed by atoms with Gasteiger partial charge >= 0.3 is 0 Å². The van der Waals surface area contributed by atoms with Crippen LogP contribution in [0.1, 0.15) is 28.9 Å². The number of nitrogens with one attached hydrogen (secondary N) is 1. The molecule has 2 heterocycles. The first-order valence-corrected chi connectivity index (χ1v) is 6.80. The highest BCUT2D eigenvalue weighted by Crippen LogP contribution is 2.15. The fourth-order valence-corrected chi connectivity index (χ4v) is 2.41. The van der Waals surface area contributed by atoms with E-state index in [1.54, 1.807) is 23.2 Å². The summed E-state index contributed by atoms with van der Waals surface area (Å²) in [7, 11) is 0. The zero-order valence-electron chi connectivity index (χ0n) is 11.6. The van der Waals surface area contributed by atoms with E-state index in [-0.39, 0.29) is 18.5 Å². The third-order valence-electron chi connectivity index (χ3n) is 3.49. The van der Waals surface area contributed by atoms with Gasteiger partial charge in [0.15, 0.2) is 0 Å². The molecule has 1 aliphatic heterocycles. The number of aromatic nitrogens is 1. The number of hydrogen-bond donors (Lipinski definition) is 2. The van der Waals surface area contributed by atoms with Gasteiger partial charge in [0.05, 0.1) is 12.1 Å². The summed E-state index contributed by atoms with van der Waals surface area (Å²) in [6.07, 6.45) is 3.21. The Kier molecular flexibility index (Phi) is 4.68. The van der Waals surface area contributed by atoms with Crippen molar-refractivity contribution in [3.8, 4) is 0 Å². The van der Waals surface area contributed by atoms with Crippen molar-refractivity contribution in [2.75, 3.05) is 19.6 Å². The predicted octanol–water partition coefficient (Wildman–Crippen LogP) is 0.0695. The Morgan fingerprint density at radius 1 is 1.40 bits per heavy atom. The number of pyridine rings is 1. The number of piperidine rings is 1. The molecular weight excluding hydrogens is 256 g/mol. The minimum atomic E-state index is -0.489. The van der Waals surface area contributed by atoms with E-state index in [0.717, 1.165) is 31.6 Å². The molecule has 1 aromatic rings. The van der Waals surface area contributed by atoms with E-state index in [2.05, 4.69) is 10.3 Å². The monoisotopic (exact) mass is 276 g/mol. The smallest absolute Gasteiger partial charge is 0.256 e. The molecule has 3 N–H and O–H groups in total. The molecule has 1 fully saturated rings. The first-order valence-electron chi connectivity index (χ1n) is 6.80. The Balaban J connectivity index is 2.18. The van der Waals surface area contributed by atoms with Crippen LogP contribution in [0.4, 0.5) is 0 Å². The summed E-state index contributed by atoms with van der Waals surface area (Å²) in [5.74, 6) is -0.667. The van der Waals surface area contributed by atoms with Crippen LogP contribution >= 0.6 is 0 Å². The third kappa shape index (κ3) is 3.54. The van der Waals surface area contributed by atoms with E-state index < -0.39 is 5.91 Å². The molecule has 0 saturated carbocycles. The van der Waals surface area contributed by atoms with Crippen molar-refractivity contribution in [2.24, 2.45) is 5.73 Å². The van der Waals surface area contributed by atoms with Gasteiger partial charge < -0.3 is 16.0 Å². The molecule has 2 rings (SSSR count). The van der Waals surface area contributed by atoms with Gasteiger partial charge in [-0.3, -0.25) is 14.6 Å². The van der Waals surface area contributed by atoms with E-state index in [4.69, 9.17) is 5.73 Å². The zero-order chi connectivity index (χ0) is 14.5. The molecule has 0 radical (unpaired) electrons. The van der Waals surface area contributed by atoms with Crippen LogP contribution in [-0.4, -0.2) is 47.4 Å². The van der Waals surface area contributed by atoms with E-state index in [1.807, 2.05) is 6.92 Å². The second-order valence-electron chi connectivity index (χ2n) is 5.07. The van der Waals surface area contributed by atoms with Crippen molar-refractivity contribution in [1.29, 1.82) is 0 Å². The van der Waals surface area contributed by atoms with Crippen LogP contribution in [0.5, 0.6) is 0 Å². The van der Waals surface area contributed by atoms with E-state index in [9.17, 15) is 9.59 Å². The highest BCUT2D eigenvalue weighted by molar-refractivity contribution is 5.96. The van der Waals surface area contributed by atoms with E-state index >= 15 is 0 Å².